The second-order valence-electron chi connectivity index (χ2n) is 4.56. The number of hydrogen-bond donors (Lipinski definition) is 1. The summed E-state index contributed by atoms with van der Waals surface area (Å²) in [6, 6.07) is 12.1. The molecule has 0 bridgehead atoms. The maximum absolute atomic E-state index is 5.77. The minimum absolute atomic E-state index is 0.575. The van der Waals surface area contributed by atoms with Gasteiger partial charge >= 0.3 is 0 Å². The van der Waals surface area contributed by atoms with Gasteiger partial charge in [-0.1, -0.05) is 12.1 Å². The van der Waals surface area contributed by atoms with Crippen LogP contribution in [0.4, 0.5) is 5.69 Å². The van der Waals surface area contributed by atoms with Crippen LogP contribution in [-0.4, -0.2) is 20.3 Å². The van der Waals surface area contributed by atoms with Crippen LogP contribution >= 0.6 is 31.9 Å². The first-order valence-corrected chi connectivity index (χ1v) is 8.15. The van der Waals surface area contributed by atoms with Crippen molar-refractivity contribution < 1.29 is 9.47 Å². The van der Waals surface area contributed by atoms with Crippen LogP contribution in [0.2, 0.25) is 0 Å². The van der Waals surface area contributed by atoms with E-state index in [0.717, 1.165) is 32.7 Å². The highest BCUT2D eigenvalue weighted by Gasteiger charge is 2.08. The fraction of sp³-hybridized carbons (Fsp3) is 0.250. The molecule has 0 amide bonds. The molecule has 2 rings (SSSR count). The summed E-state index contributed by atoms with van der Waals surface area (Å²) in [4.78, 5) is 0. The largest absolute Gasteiger partial charge is 0.496 e. The molecule has 0 atom stereocenters. The van der Waals surface area contributed by atoms with Crippen LogP contribution in [0, 0.1) is 6.92 Å². The van der Waals surface area contributed by atoms with E-state index in [1.807, 2.05) is 24.3 Å². The van der Waals surface area contributed by atoms with Crippen LogP contribution in [0.3, 0.4) is 0 Å². The van der Waals surface area contributed by atoms with Crippen molar-refractivity contribution in [2.75, 3.05) is 25.6 Å². The van der Waals surface area contributed by atoms with Crippen LogP contribution in [-0.2, 0) is 0 Å². The molecule has 0 heterocycles. The van der Waals surface area contributed by atoms with Gasteiger partial charge in [-0.3, -0.25) is 0 Å². The number of ether oxygens (including phenoxy) is 2. The number of methoxy groups -OCH3 is 1. The zero-order valence-electron chi connectivity index (χ0n) is 12.0. The molecule has 112 valence electrons. The number of nitrogens with one attached hydrogen (secondary N) is 1. The Kier molecular flexibility index (Phi) is 5.94. The molecular formula is C16H17Br2NO2. The summed E-state index contributed by atoms with van der Waals surface area (Å²) in [6.07, 6.45) is 0. The van der Waals surface area contributed by atoms with Gasteiger partial charge in [0.1, 0.15) is 18.1 Å². The fourth-order valence-corrected chi connectivity index (χ4v) is 2.81. The minimum atomic E-state index is 0.575. The lowest BCUT2D eigenvalue weighted by atomic mass is 10.2. The van der Waals surface area contributed by atoms with Crippen LogP contribution in [0.15, 0.2) is 45.3 Å². The molecule has 2 aromatic rings. The van der Waals surface area contributed by atoms with E-state index in [0.29, 0.717) is 6.61 Å². The average Bonchev–Trinajstić information content (AvgIpc) is 2.46. The third kappa shape index (κ3) is 4.64. The highest BCUT2D eigenvalue weighted by molar-refractivity contribution is 9.11. The Bertz CT molecular complexity index is 617. The number of halogens is 2. The Morgan fingerprint density at radius 3 is 2.48 bits per heavy atom. The molecule has 0 saturated heterocycles. The quantitative estimate of drug-likeness (QED) is 0.673. The highest BCUT2D eigenvalue weighted by atomic mass is 79.9. The number of hydrogen-bond acceptors (Lipinski definition) is 3. The lowest BCUT2D eigenvalue weighted by Gasteiger charge is -2.12. The van der Waals surface area contributed by atoms with Gasteiger partial charge in [-0.15, -0.1) is 0 Å². The third-order valence-corrected chi connectivity index (χ3v) is 4.15. The van der Waals surface area contributed by atoms with E-state index >= 15 is 0 Å². The highest BCUT2D eigenvalue weighted by Crippen LogP contribution is 2.35. The van der Waals surface area contributed by atoms with Gasteiger partial charge in [0.2, 0.25) is 0 Å². The summed E-state index contributed by atoms with van der Waals surface area (Å²) in [5.41, 5.74) is 2.34. The van der Waals surface area contributed by atoms with Gasteiger partial charge in [0.05, 0.1) is 16.1 Å². The van der Waals surface area contributed by atoms with Gasteiger partial charge in [0.15, 0.2) is 0 Å². The molecular weight excluding hydrogens is 398 g/mol. The molecule has 0 saturated carbocycles. The van der Waals surface area contributed by atoms with Crippen LogP contribution < -0.4 is 14.8 Å². The van der Waals surface area contributed by atoms with Gasteiger partial charge in [-0.05, 0) is 68.6 Å². The second kappa shape index (κ2) is 7.71. The van der Waals surface area contributed by atoms with Crippen molar-refractivity contribution in [3.8, 4) is 11.5 Å². The summed E-state index contributed by atoms with van der Waals surface area (Å²) >= 11 is 6.94. The van der Waals surface area contributed by atoms with E-state index < -0.39 is 0 Å². The summed E-state index contributed by atoms with van der Waals surface area (Å²) in [5, 5.41) is 3.34. The Morgan fingerprint density at radius 2 is 1.76 bits per heavy atom. The van der Waals surface area contributed by atoms with Crippen LogP contribution in [0.1, 0.15) is 5.56 Å². The summed E-state index contributed by atoms with van der Waals surface area (Å²) in [5.74, 6) is 1.56. The Hall–Kier alpha value is -1.20. The molecule has 3 nitrogen and oxygen atoms in total. The van der Waals surface area contributed by atoms with Crippen molar-refractivity contribution >= 4 is 37.5 Å². The van der Waals surface area contributed by atoms with Crippen molar-refractivity contribution in [2.24, 2.45) is 0 Å². The Balaban J connectivity index is 1.88. The van der Waals surface area contributed by atoms with Crippen LogP contribution in [0.5, 0.6) is 11.5 Å². The zero-order valence-corrected chi connectivity index (χ0v) is 15.1. The third-order valence-electron chi connectivity index (χ3n) is 2.91. The maximum Gasteiger partial charge on any atom is 0.134 e. The van der Waals surface area contributed by atoms with E-state index in [2.05, 4.69) is 56.2 Å². The molecule has 1 N–H and O–H groups in total. The second-order valence-corrected chi connectivity index (χ2v) is 6.27. The summed E-state index contributed by atoms with van der Waals surface area (Å²) in [7, 11) is 1.64. The smallest absolute Gasteiger partial charge is 0.134 e. The molecule has 2 aromatic carbocycles. The lowest BCUT2D eigenvalue weighted by molar-refractivity contribution is 0.329. The molecule has 0 radical (unpaired) electrons. The van der Waals surface area contributed by atoms with Crippen molar-refractivity contribution in [2.45, 2.75) is 6.92 Å². The SMILES string of the molecule is COc1cc(Br)c(OCCNc2cccc(C)c2)cc1Br. The molecule has 0 fully saturated rings. The number of rotatable bonds is 6. The van der Waals surface area contributed by atoms with Crippen molar-refractivity contribution in [3.63, 3.8) is 0 Å². The van der Waals surface area contributed by atoms with E-state index in [9.17, 15) is 0 Å². The molecule has 0 aliphatic rings. The fourth-order valence-electron chi connectivity index (χ4n) is 1.89. The number of anilines is 1. The number of benzene rings is 2. The van der Waals surface area contributed by atoms with Crippen molar-refractivity contribution in [1.29, 1.82) is 0 Å². The normalized spacial score (nSPS) is 10.3. The first-order valence-electron chi connectivity index (χ1n) is 6.56. The average molecular weight is 415 g/mol. The predicted octanol–water partition coefficient (Wildman–Crippen LogP) is 5.02. The van der Waals surface area contributed by atoms with Gasteiger partial charge in [-0.25, -0.2) is 0 Å². The summed E-state index contributed by atoms with van der Waals surface area (Å²) in [6.45, 7) is 3.39. The molecule has 0 aromatic heterocycles. The molecule has 0 aliphatic carbocycles. The molecule has 0 spiro atoms. The van der Waals surface area contributed by atoms with Gasteiger partial charge in [-0.2, -0.15) is 0 Å². The van der Waals surface area contributed by atoms with Gasteiger partial charge in [0, 0.05) is 12.2 Å². The lowest BCUT2D eigenvalue weighted by Crippen LogP contribution is -2.11. The minimum Gasteiger partial charge on any atom is -0.496 e. The Labute approximate surface area is 141 Å². The molecule has 0 unspecified atom stereocenters. The first-order chi connectivity index (χ1) is 10.1. The van der Waals surface area contributed by atoms with Crippen LogP contribution in [0.25, 0.3) is 0 Å². The predicted molar refractivity (Wildman–Crippen MR) is 93.6 cm³/mol. The standard InChI is InChI=1S/C16H17Br2NO2/c1-11-4-3-5-12(8-11)19-6-7-21-16-10-13(17)15(20-2)9-14(16)18/h3-5,8-10,19H,6-7H2,1-2H3. The van der Waals surface area contributed by atoms with Crippen molar-refractivity contribution in [1.82, 2.24) is 0 Å². The van der Waals surface area contributed by atoms with E-state index in [1.54, 1.807) is 7.11 Å². The molecule has 21 heavy (non-hydrogen) atoms. The van der Waals surface area contributed by atoms with E-state index in [-0.39, 0.29) is 0 Å². The summed E-state index contributed by atoms with van der Waals surface area (Å²) < 4.78 is 12.7. The van der Waals surface area contributed by atoms with Gasteiger partial charge in [0.25, 0.3) is 0 Å². The number of aryl methyl sites for hydroxylation is 1. The zero-order chi connectivity index (χ0) is 15.2. The van der Waals surface area contributed by atoms with Crippen molar-refractivity contribution in [3.05, 3.63) is 50.9 Å². The monoisotopic (exact) mass is 413 g/mol. The van der Waals surface area contributed by atoms with Gasteiger partial charge < -0.3 is 14.8 Å². The Morgan fingerprint density at radius 1 is 1.05 bits per heavy atom. The topological polar surface area (TPSA) is 30.5 Å². The van der Waals surface area contributed by atoms with E-state index in [4.69, 9.17) is 9.47 Å². The molecule has 0 aliphatic heterocycles. The first kappa shape index (κ1) is 16.2. The maximum atomic E-state index is 5.77. The molecule has 5 heteroatoms. The van der Waals surface area contributed by atoms with E-state index in [1.165, 1.54) is 5.56 Å².